The Hall–Kier alpha value is -0.620. The van der Waals surface area contributed by atoms with Gasteiger partial charge in [-0.05, 0) is 19.8 Å². The molecule has 0 aromatic carbocycles. The van der Waals surface area contributed by atoms with Crippen LogP contribution in [0.2, 0.25) is 0 Å². The average molecular weight is 141 g/mol. The van der Waals surface area contributed by atoms with Crippen molar-refractivity contribution in [3.8, 4) is 0 Å². The zero-order valence-electron chi connectivity index (χ0n) is 6.98. The highest BCUT2D eigenvalue weighted by atomic mass is 16.1. The van der Waals surface area contributed by atoms with E-state index < -0.39 is 0 Å². The molecule has 1 atom stereocenters. The van der Waals surface area contributed by atoms with E-state index in [4.69, 9.17) is 0 Å². The fourth-order valence-electron chi connectivity index (χ4n) is 0.961. The molecule has 0 aliphatic carbocycles. The van der Waals surface area contributed by atoms with E-state index in [0.717, 1.165) is 19.3 Å². The predicted molar refractivity (Wildman–Crippen MR) is 41.7 cm³/mol. The first-order chi connectivity index (χ1) is 4.68. The van der Waals surface area contributed by atoms with Crippen LogP contribution in [0.3, 0.4) is 0 Å². The lowest BCUT2D eigenvalue weighted by Gasteiger charge is -2.19. The van der Waals surface area contributed by atoms with Gasteiger partial charge < -0.3 is 0 Å². The zero-order chi connectivity index (χ0) is 8.04. The Labute approximate surface area is 62.4 Å². The molecule has 0 aromatic rings. The second-order valence-corrected chi connectivity index (χ2v) is 2.80. The van der Waals surface area contributed by atoms with Gasteiger partial charge in [-0.3, -0.25) is 0 Å². The summed E-state index contributed by atoms with van der Waals surface area (Å²) in [6, 6.07) is 0. The van der Waals surface area contributed by atoms with E-state index in [1.165, 1.54) is 0 Å². The Morgan fingerprint density at radius 2 is 2.10 bits per heavy atom. The average Bonchev–Trinajstić information content (AvgIpc) is 1.89. The van der Waals surface area contributed by atoms with Crippen molar-refractivity contribution in [3.05, 3.63) is 0 Å². The highest BCUT2D eigenvalue weighted by Crippen LogP contribution is 2.20. The van der Waals surface area contributed by atoms with Gasteiger partial charge in [-0.25, -0.2) is 4.79 Å². The standard InChI is InChI=1S/C8H15NO/c1-4-6-8(3,5-2)9-7-10/h4-6H2,1-3H3. The minimum absolute atomic E-state index is 0.156. The van der Waals surface area contributed by atoms with Crippen molar-refractivity contribution < 1.29 is 4.79 Å². The van der Waals surface area contributed by atoms with E-state index in [-0.39, 0.29) is 5.54 Å². The molecule has 0 amide bonds. The van der Waals surface area contributed by atoms with Crippen molar-refractivity contribution in [2.24, 2.45) is 4.99 Å². The molecule has 0 rings (SSSR count). The lowest BCUT2D eigenvalue weighted by Crippen LogP contribution is -2.19. The summed E-state index contributed by atoms with van der Waals surface area (Å²) < 4.78 is 0. The summed E-state index contributed by atoms with van der Waals surface area (Å²) in [6.45, 7) is 6.12. The van der Waals surface area contributed by atoms with E-state index in [1.54, 1.807) is 6.08 Å². The van der Waals surface area contributed by atoms with Crippen LogP contribution >= 0.6 is 0 Å². The van der Waals surface area contributed by atoms with Gasteiger partial charge >= 0.3 is 0 Å². The molecule has 0 heterocycles. The van der Waals surface area contributed by atoms with E-state index in [1.807, 2.05) is 13.8 Å². The molecule has 0 aliphatic rings. The van der Waals surface area contributed by atoms with Crippen LogP contribution in [-0.2, 0) is 4.79 Å². The van der Waals surface area contributed by atoms with Crippen molar-refractivity contribution in [2.75, 3.05) is 0 Å². The first-order valence-electron chi connectivity index (χ1n) is 3.77. The highest BCUT2D eigenvalue weighted by Gasteiger charge is 2.18. The summed E-state index contributed by atoms with van der Waals surface area (Å²) in [6.07, 6.45) is 4.57. The monoisotopic (exact) mass is 141 g/mol. The molecule has 0 aromatic heterocycles. The van der Waals surface area contributed by atoms with Gasteiger partial charge in [0.2, 0.25) is 6.08 Å². The van der Waals surface area contributed by atoms with E-state index in [9.17, 15) is 4.79 Å². The van der Waals surface area contributed by atoms with Crippen LogP contribution in [0.25, 0.3) is 0 Å². The summed E-state index contributed by atoms with van der Waals surface area (Å²) >= 11 is 0. The Balaban J connectivity index is 4.07. The molecule has 0 N–H and O–H groups in total. The van der Waals surface area contributed by atoms with Gasteiger partial charge in [0.15, 0.2) is 0 Å². The van der Waals surface area contributed by atoms with Gasteiger partial charge in [0.05, 0.1) is 5.54 Å². The summed E-state index contributed by atoms with van der Waals surface area (Å²) in [5, 5.41) is 0. The molecule has 0 radical (unpaired) electrons. The van der Waals surface area contributed by atoms with Crippen molar-refractivity contribution in [1.82, 2.24) is 0 Å². The van der Waals surface area contributed by atoms with Gasteiger partial charge in [-0.2, -0.15) is 4.99 Å². The van der Waals surface area contributed by atoms with Crippen LogP contribution in [-0.4, -0.2) is 11.6 Å². The zero-order valence-corrected chi connectivity index (χ0v) is 6.98. The van der Waals surface area contributed by atoms with Crippen molar-refractivity contribution in [1.29, 1.82) is 0 Å². The second kappa shape index (κ2) is 4.24. The normalized spacial score (nSPS) is 15.5. The summed E-state index contributed by atoms with van der Waals surface area (Å²) in [5.41, 5.74) is -0.156. The van der Waals surface area contributed by atoms with Crippen LogP contribution in [0.1, 0.15) is 40.0 Å². The first kappa shape index (κ1) is 9.38. The lowest BCUT2D eigenvalue weighted by atomic mass is 9.94. The van der Waals surface area contributed by atoms with E-state index in [0.29, 0.717) is 0 Å². The predicted octanol–water partition coefficient (Wildman–Crippen LogP) is 2.29. The molecule has 0 fully saturated rings. The number of hydrogen-bond acceptors (Lipinski definition) is 2. The maximum absolute atomic E-state index is 9.96. The molecule has 1 unspecified atom stereocenters. The summed E-state index contributed by atoms with van der Waals surface area (Å²) in [4.78, 5) is 13.7. The number of rotatable bonds is 4. The smallest absolute Gasteiger partial charge is 0.211 e. The Morgan fingerprint density at radius 3 is 2.40 bits per heavy atom. The molecule has 2 heteroatoms. The summed E-state index contributed by atoms with van der Waals surface area (Å²) in [5.74, 6) is 0. The molecule has 0 aliphatic heterocycles. The van der Waals surface area contributed by atoms with Crippen LogP contribution < -0.4 is 0 Å². The van der Waals surface area contributed by atoms with Crippen LogP contribution in [0.5, 0.6) is 0 Å². The quantitative estimate of drug-likeness (QED) is 0.436. The van der Waals surface area contributed by atoms with Gasteiger partial charge in [0, 0.05) is 0 Å². The van der Waals surface area contributed by atoms with Crippen LogP contribution in [0.15, 0.2) is 4.99 Å². The van der Waals surface area contributed by atoms with Gasteiger partial charge in [0.1, 0.15) is 0 Å². The van der Waals surface area contributed by atoms with E-state index in [2.05, 4.69) is 11.9 Å². The Kier molecular flexibility index (Phi) is 3.97. The molecule has 0 saturated carbocycles. The van der Waals surface area contributed by atoms with Crippen molar-refractivity contribution >= 4 is 6.08 Å². The number of nitrogens with zero attached hydrogens (tertiary/aromatic N) is 1. The van der Waals surface area contributed by atoms with Crippen LogP contribution in [0, 0.1) is 0 Å². The number of hydrogen-bond donors (Lipinski definition) is 0. The van der Waals surface area contributed by atoms with Crippen molar-refractivity contribution in [2.45, 2.75) is 45.6 Å². The van der Waals surface area contributed by atoms with Gasteiger partial charge in [-0.1, -0.05) is 20.3 Å². The third-order valence-corrected chi connectivity index (χ3v) is 1.87. The van der Waals surface area contributed by atoms with Crippen LogP contribution in [0.4, 0.5) is 0 Å². The highest BCUT2D eigenvalue weighted by molar-refractivity contribution is 5.34. The van der Waals surface area contributed by atoms with Gasteiger partial charge in [-0.15, -0.1) is 0 Å². The molecule has 58 valence electrons. The second-order valence-electron chi connectivity index (χ2n) is 2.80. The van der Waals surface area contributed by atoms with E-state index >= 15 is 0 Å². The number of carbonyl (C=O) groups excluding carboxylic acids is 1. The number of aliphatic imine (C=N–C) groups is 1. The minimum Gasteiger partial charge on any atom is -0.211 e. The van der Waals surface area contributed by atoms with Gasteiger partial charge in [0.25, 0.3) is 0 Å². The molecule has 10 heavy (non-hydrogen) atoms. The maximum atomic E-state index is 9.96. The molecule has 0 bridgehead atoms. The largest absolute Gasteiger partial charge is 0.235 e. The molecule has 0 spiro atoms. The topological polar surface area (TPSA) is 29.4 Å². The molecular formula is C8H15NO. The first-order valence-corrected chi connectivity index (χ1v) is 3.77. The fraction of sp³-hybridized carbons (Fsp3) is 0.875. The minimum atomic E-state index is -0.156. The third-order valence-electron chi connectivity index (χ3n) is 1.87. The fourth-order valence-corrected chi connectivity index (χ4v) is 0.961. The molecule has 2 nitrogen and oxygen atoms in total. The number of isocyanates is 1. The maximum Gasteiger partial charge on any atom is 0.235 e. The summed E-state index contributed by atoms with van der Waals surface area (Å²) in [7, 11) is 0. The Bertz CT molecular complexity index is 138. The Morgan fingerprint density at radius 1 is 1.50 bits per heavy atom. The SMILES string of the molecule is CCCC(C)(CC)N=C=O. The molecular weight excluding hydrogens is 126 g/mol. The van der Waals surface area contributed by atoms with Crippen molar-refractivity contribution in [3.63, 3.8) is 0 Å². The molecule has 0 saturated heterocycles. The lowest BCUT2D eigenvalue weighted by molar-refractivity contribution is 0.412. The third kappa shape index (κ3) is 2.79.